The third-order valence-electron chi connectivity index (χ3n) is 1.83. The molecule has 0 N–H and O–H groups in total. The zero-order valence-corrected chi connectivity index (χ0v) is 15.9. The quantitative estimate of drug-likeness (QED) is 0.543. The van der Waals surface area contributed by atoms with Gasteiger partial charge in [-0.1, -0.05) is 0 Å². The maximum absolute atomic E-state index is 5.02. The Morgan fingerprint density at radius 1 is 0.938 bits per heavy atom. The number of hydrogen-bond acceptors (Lipinski definition) is 1. The molecular formula is C11H27N2PSeSi+. The first-order chi connectivity index (χ1) is 6.75. The molecule has 0 rings (SSSR count). The van der Waals surface area contributed by atoms with Gasteiger partial charge in [0.2, 0.25) is 0 Å². The normalized spacial score (nSPS) is 15.8. The van der Waals surface area contributed by atoms with E-state index in [0.29, 0.717) is 0 Å². The van der Waals surface area contributed by atoms with Crippen molar-refractivity contribution in [3.63, 3.8) is 0 Å². The average Bonchev–Trinajstić information content (AvgIpc) is 1.70. The molecular weight excluding hydrogens is 298 g/mol. The summed E-state index contributed by atoms with van der Waals surface area (Å²) < 4.78 is 7.54. The Morgan fingerprint density at radius 2 is 1.25 bits per heavy atom. The maximum atomic E-state index is 5.02. The van der Waals surface area contributed by atoms with Crippen molar-refractivity contribution in [3.8, 4) is 0 Å². The molecule has 0 fully saturated rings. The summed E-state index contributed by atoms with van der Waals surface area (Å²) in [5.41, 5.74) is 0.302. The van der Waals surface area contributed by atoms with E-state index in [-0.39, 0.29) is 11.1 Å². The van der Waals surface area contributed by atoms with Gasteiger partial charge >= 0.3 is 112 Å². The van der Waals surface area contributed by atoms with E-state index in [2.05, 4.69) is 81.4 Å². The second kappa shape index (κ2) is 5.20. The first-order valence-corrected chi connectivity index (χ1v) is 12.7. The molecule has 2 nitrogen and oxygen atoms in total. The van der Waals surface area contributed by atoms with Crippen LogP contribution in [0.4, 0.5) is 0 Å². The first kappa shape index (κ1) is 16.8. The Bertz CT molecular complexity index is 257. The van der Waals surface area contributed by atoms with E-state index in [1.54, 1.807) is 0 Å². The van der Waals surface area contributed by atoms with Gasteiger partial charge in [0.1, 0.15) is 0 Å². The van der Waals surface area contributed by atoms with Crippen molar-refractivity contribution in [1.29, 1.82) is 0 Å². The Morgan fingerprint density at radius 3 is 1.44 bits per heavy atom. The molecule has 95 valence electrons. The monoisotopic (exact) mass is 326 g/mol. The summed E-state index contributed by atoms with van der Waals surface area (Å²) in [5.74, 6) is 0. The van der Waals surface area contributed by atoms with E-state index < -0.39 is 14.8 Å². The van der Waals surface area contributed by atoms with E-state index in [9.17, 15) is 0 Å². The van der Waals surface area contributed by atoms with E-state index in [0.717, 1.165) is 0 Å². The molecule has 0 heterocycles. The molecule has 0 aromatic rings. The Balaban J connectivity index is 5.33. The van der Waals surface area contributed by atoms with Crippen LogP contribution >= 0.6 is 6.55 Å². The number of nitrogens with zero attached hydrogens (tertiary/aromatic N) is 2. The summed E-state index contributed by atoms with van der Waals surface area (Å²) in [6.07, 6.45) is 0. The van der Waals surface area contributed by atoms with Gasteiger partial charge in [-0.25, -0.2) is 0 Å². The van der Waals surface area contributed by atoms with Crippen molar-refractivity contribution in [2.24, 2.45) is 4.41 Å². The molecule has 16 heavy (non-hydrogen) atoms. The Labute approximate surface area is 112 Å². The molecule has 0 saturated heterocycles. The topological polar surface area (TPSA) is 15.6 Å². The van der Waals surface area contributed by atoms with Gasteiger partial charge in [-0.3, -0.25) is 0 Å². The van der Waals surface area contributed by atoms with Crippen molar-refractivity contribution in [2.75, 3.05) is 0 Å². The van der Waals surface area contributed by atoms with Gasteiger partial charge in [0.25, 0.3) is 0 Å². The molecule has 0 aliphatic heterocycles. The summed E-state index contributed by atoms with van der Waals surface area (Å²) in [5, 5.41) is 0. The van der Waals surface area contributed by atoms with Gasteiger partial charge in [-0.15, -0.1) is 0 Å². The van der Waals surface area contributed by atoms with Gasteiger partial charge in [-0.2, -0.15) is 0 Å². The zero-order valence-electron chi connectivity index (χ0n) is 12.2. The number of rotatable bonds is 2. The van der Waals surface area contributed by atoms with Crippen LogP contribution in [0.3, 0.4) is 0 Å². The molecule has 0 saturated carbocycles. The summed E-state index contributed by atoms with van der Waals surface area (Å²) in [6.45, 7) is 20.0. The molecule has 0 amide bonds. The van der Waals surface area contributed by atoms with Crippen LogP contribution < -0.4 is 0 Å². The number of hydrogen-bond donors (Lipinski definition) is 0. The predicted octanol–water partition coefficient (Wildman–Crippen LogP) is 4.38. The van der Waals surface area contributed by atoms with Gasteiger partial charge in [-0.05, 0) is 0 Å². The molecule has 1 radical (unpaired) electrons. The van der Waals surface area contributed by atoms with Crippen LogP contribution in [-0.2, 0) is 0 Å². The van der Waals surface area contributed by atoms with E-state index in [1.807, 2.05) is 0 Å². The SMILES string of the molecule is CC(C)(C)N([P+]([Se])=N[Si](C)(C)C)C(C)(C)C. The fourth-order valence-corrected chi connectivity index (χ4v) is 13.0. The molecule has 0 aromatic carbocycles. The predicted molar refractivity (Wildman–Crippen MR) is 79.8 cm³/mol. The molecule has 0 spiro atoms. The molecule has 1 unspecified atom stereocenters. The van der Waals surface area contributed by atoms with Crippen molar-refractivity contribution in [2.45, 2.75) is 72.3 Å². The van der Waals surface area contributed by atoms with Crippen LogP contribution in [0, 0.1) is 0 Å². The van der Waals surface area contributed by atoms with Gasteiger partial charge in [0.05, 0.1) is 0 Å². The Hall–Kier alpha value is 0.796. The summed E-state index contributed by atoms with van der Waals surface area (Å²) >= 11 is 3.31. The third-order valence-corrected chi connectivity index (χ3v) is 9.02. The van der Waals surface area contributed by atoms with Crippen molar-refractivity contribution >= 4 is 30.4 Å². The molecule has 1 atom stereocenters. The van der Waals surface area contributed by atoms with Gasteiger partial charge in [0.15, 0.2) is 0 Å². The molecule has 0 aliphatic carbocycles. The molecule has 0 bridgehead atoms. The van der Waals surface area contributed by atoms with Crippen LogP contribution in [0.1, 0.15) is 41.5 Å². The van der Waals surface area contributed by atoms with Crippen LogP contribution in [0.25, 0.3) is 0 Å². The molecule has 5 heteroatoms. The van der Waals surface area contributed by atoms with Crippen molar-refractivity contribution < 1.29 is 0 Å². The van der Waals surface area contributed by atoms with Crippen LogP contribution in [0.15, 0.2) is 4.41 Å². The fourth-order valence-electron chi connectivity index (χ4n) is 1.82. The van der Waals surface area contributed by atoms with Crippen LogP contribution in [-0.4, -0.2) is 39.6 Å². The molecule has 0 aliphatic rings. The Kier molecular flexibility index (Phi) is 5.46. The zero-order chi connectivity index (χ0) is 13.4. The standard InChI is InChI=1S/C11H27N2PSeSi/c1-10(2,3)13(11(4,5)6)14(15)12-16(7,8)9/h1-9H3/q+1. The first-order valence-electron chi connectivity index (χ1n) is 5.75. The van der Waals surface area contributed by atoms with E-state index in [4.69, 9.17) is 4.41 Å². The minimum atomic E-state index is -1.36. The van der Waals surface area contributed by atoms with Crippen LogP contribution in [0.5, 0.6) is 0 Å². The summed E-state index contributed by atoms with van der Waals surface area (Å²) in [6, 6.07) is 0. The second-order valence-electron chi connectivity index (χ2n) is 7.18. The fraction of sp³-hybridized carbons (Fsp3) is 1.00. The van der Waals surface area contributed by atoms with Gasteiger partial charge < -0.3 is 0 Å². The van der Waals surface area contributed by atoms with E-state index in [1.165, 1.54) is 0 Å². The van der Waals surface area contributed by atoms with Crippen molar-refractivity contribution in [1.82, 2.24) is 4.67 Å². The molecule has 0 aromatic heterocycles. The van der Waals surface area contributed by atoms with Crippen molar-refractivity contribution in [3.05, 3.63) is 0 Å². The summed E-state index contributed by atoms with van der Waals surface area (Å²) in [4.78, 5) is 0. The van der Waals surface area contributed by atoms with Gasteiger partial charge in [0, 0.05) is 0 Å². The second-order valence-corrected chi connectivity index (χ2v) is 15.3. The minimum absolute atomic E-state index is 0.151. The van der Waals surface area contributed by atoms with Crippen LogP contribution in [0.2, 0.25) is 19.6 Å². The third kappa shape index (κ3) is 5.93. The van der Waals surface area contributed by atoms with E-state index >= 15 is 0 Å². The average molecular weight is 325 g/mol. The summed E-state index contributed by atoms with van der Waals surface area (Å²) in [7, 11) is -1.36.